The molecule has 5 nitrogen and oxygen atoms in total. The molecule has 0 aliphatic rings. The van der Waals surface area contributed by atoms with Crippen molar-refractivity contribution in [3.8, 4) is 0 Å². The lowest BCUT2D eigenvalue weighted by molar-refractivity contribution is -0.141. The van der Waals surface area contributed by atoms with Crippen molar-refractivity contribution in [3.05, 3.63) is 29.3 Å². The first kappa shape index (κ1) is 16.7. The van der Waals surface area contributed by atoms with E-state index in [1.165, 1.54) is 6.07 Å². The number of aliphatic carboxylic acids is 1. The normalized spacial score (nSPS) is 14.1. The molecule has 0 aliphatic heterocycles. The first-order chi connectivity index (χ1) is 8.95. The number of rotatable bonds is 4. The highest BCUT2D eigenvalue weighted by atomic mass is 32.2. The molecule has 0 heterocycles. The molecule has 0 bridgehead atoms. The highest BCUT2D eigenvalue weighted by Crippen LogP contribution is 2.23. The van der Waals surface area contributed by atoms with Crippen LogP contribution in [0.25, 0.3) is 0 Å². The van der Waals surface area contributed by atoms with E-state index in [0.717, 1.165) is 5.56 Å². The minimum Gasteiger partial charge on any atom is -0.480 e. The lowest BCUT2D eigenvalue weighted by Gasteiger charge is -2.27. The second-order valence-corrected chi connectivity index (χ2v) is 7.71. The van der Waals surface area contributed by atoms with Crippen molar-refractivity contribution in [2.24, 2.45) is 5.41 Å². The van der Waals surface area contributed by atoms with Gasteiger partial charge in [0.25, 0.3) is 0 Å². The van der Waals surface area contributed by atoms with Gasteiger partial charge in [-0.15, -0.1) is 0 Å². The fourth-order valence-corrected chi connectivity index (χ4v) is 3.54. The number of nitrogens with one attached hydrogen (secondary N) is 1. The van der Waals surface area contributed by atoms with E-state index in [4.69, 9.17) is 0 Å². The summed E-state index contributed by atoms with van der Waals surface area (Å²) in [6.07, 6.45) is 0. The third-order valence-corrected chi connectivity index (χ3v) is 4.59. The van der Waals surface area contributed by atoms with E-state index < -0.39 is 27.4 Å². The number of aryl methyl sites for hydroxylation is 2. The highest BCUT2D eigenvalue weighted by Gasteiger charge is 2.35. The summed E-state index contributed by atoms with van der Waals surface area (Å²) in [7, 11) is -3.87. The van der Waals surface area contributed by atoms with E-state index in [-0.39, 0.29) is 4.90 Å². The van der Waals surface area contributed by atoms with Crippen molar-refractivity contribution in [3.63, 3.8) is 0 Å². The Bertz CT molecular complexity index is 615. The maximum Gasteiger partial charge on any atom is 0.322 e. The van der Waals surface area contributed by atoms with Crippen LogP contribution in [0.2, 0.25) is 0 Å². The quantitative estimate of drug-likeness (QED) is 0.891. The molecule has 1 atom stereocenters. The molecule has 1 aromatic carbocycles. The molecule has 1 rings (SSSR count). The summed E-state index contributed by atoms with van der Waals surface area (Å²) < 4.78 is 27.0. The van der Waals surface area contributed by atoms with E-state index in [9.17, 15) is 18.3 Å². The van der Waals surface area contributed by atoms with Gasteiger partial charge in [-0.3, -0.25) is 4.79 Å². The van der Waals surface area contributed by atoms with Crippen LogP contribution >= 0.6 is 0 Å². The van der Waals surface area contributed by atoms with Gasteiger partial charge >= 0.3 is 5.97 Å². The molecule has 0 saturated carbocycles. The predicted molar refractivity (Wildman–Crippen MR) is 77.1 cm³/mol. The van der Waals surface area contributed by atoms with Crippen LogP contribution in [0.5, 0.6) is 0 Å². The van der Waals surface area contributed by atoms with E-state index >= 15 is 0 Å². The van der Waals surface area contributed by atoms with Crippen LogP contribution in [0.4, 0.5) is 0 Å². The van der Waals surface area contributed by atoms with Gasteiger partial charge in [0, 0.05) is 0 Å². The Morgan fingerprint density at radius 3 is 2.20 bits per heavy atom. The average Bonchev–Trinajstić information content (AvgIpc) is 2.23. The summed E-state index contributed by atoms with van der Waals surface area (Å²) >= 11 is 0. The smallest absolute Gasteiger partial charge is 0.322 e. The second-order valence-electron chi connectivity index (χ2n) is 6.03. The Morgan fingerprint density at radius 2 is 1.80 bits per heavy atom. The van der Waals surface area contributed by atoms with Gasteiger partial charge in [-0.2, -0.15) is 4.72 Å². The van der Waals surface area contributed by atoms with Crippen LogP contribution in [0.15, 0.2) is 23.1 Å². The Labute approximate surface area is 120 Å². The van der Waals surface area contributed by atoms with Gasteiger partial charge in [0.05, 0.1) is 4.90 Å². The highest BCUT2D eigenvalue weighted by molar-refractivity contribution is 7.89. The average molecular weight is 299 g/mol. The monoisotopic (exact) mass is 299 g/mol. The van der Waals surface area contributed by atoms with Crippen molar-refractivity contribution in [1.82, 2.24) is 4.72 Å². The summed E-state index contributed by atoms with van der Waals surface area (Å²) in [5.41, 5.74) is 0.819. The molecule has 0 aromatic heterocycles. The topological polar surface area (TPSA) is 83.5 Å². The van der Waals surface area contributed by atoms with Crippen molar-refractivity contribution >= 4 is 16.0 Å². The van der Waals surface area contributed by atoms with Gasteiger partial charge in [-0.1, -0.05) is 38.5 Å². The first-order valence-electron chi connectivity index (χ1n) is 6.27. The third kappa shape index (κ3) is 3.80. The summed E-state index contributed by atoms with van der Waals surface area (Å²) in [6, 6.07) is 3.75. The van der Waals surface area contributed by atoms with Crippen molar-refractivity contribution in [1.29, 1.82) is 0 Å². The fourth-order valence-electron chi connectivity index (χ4n) is 1.92. The molecule has 1 aromatic rings. The van der Waals surface area contributed by atoms with Gasteiger partial charge < -0.3 is 5.11 Å². The molecule has 0 saturated heterocycles. The minimum atomic E-state index is -3.87. The Balaban J connectivity index is 3.20. The zero-order valence-electron chi connectivity index (χ0n) is 12.4. The largest absolute Gasteiger partial charge is 0.480 e. The molecule has 0 aliphatic carbocycles. The first-order valence-corrected chi connectivity index (χ1v) is 7.76. The number of sulfonamides is 1. The van der Waals surface area contributed by atoms with E-state index in [2.05, 4.69) is 4.72 Å². The summed E-state index contributed by atoms with van der Waals surface area (Å²) in [4.78, 5) is 11.4. The van der Waals surface area contributed by atoms with E-state index in [0.29, 0.717) is 5.56 Å². The molecule has 0 radical (unpaired) electrons. The number of carbonyl (C=O) groups is 1. The van der Waals surface area contributed by atoms with Gasteiger partial charge in [0.2, 0.25) is 10.0 Å². The summed E-state index contributed by atoms with van der Waals surface area (Å²) in [6.45, 7) is 8.59. The summed E-state index contributed by atoms with van der Waals surface area (Å²) in [5.74, 6) is -1.19. The third-order valence-electron chi connectivity index (χ3n) is 3.01. The lowest BCUT2D eigenvalue weighted by Crippen LogP contribution is -2.49. The maximum atomic E-state index is 12.4. The van der Waals surface area contributed by atoms with Crippen LogP contribution < -0.4 is 4.72 Å². The van der Waals surface area contributed by atoms with Gasteiger partial charge in [-0.05, 0) is 30.9 Å². The molecule has 20 heavy (non-hydrogen) atoms. The molecule has 1 unspecified atom stereocenters. The zero-order chi connectivity index (χ0) is 15.7. The second kappa shape index (κ2) is 5.54. The van der Waals surface area contributed by atoms with E-state index in [1.807, 2.05) is 6.92 Å². The van der Waals surface area contributed by atoms with Crippen molar-refractivity contribution in [2.45, 2.75) is 45.6 Å². The lowest BCUT2D eigenvalue weighted by atomic mass is 9.88. The molecule has 112 valence electrons. The molecule has 0 amide bonds. The van der Waals surface area contributed by atoms with E-state index in [1.54, 1.807) is 39.8 Å². The number of hydrogen-bond acceptors (Lipinski definition) is 3. The molecule has 2 N–H and O–H groups in total. The number of carboxylic acids is 1. The number of hydrogen-bond donors (Lipinski definition) is 2. The van der Waals surface area contributed by atoms with Crippen molar-refractivity contribution in [2.75, 3.05) is 0 Å². The SMILES string of the molecule is Cc1ccc(S(=O)(=O)NC(C(=O)O)C(C)(C)C)c(C)c1. The fraction of sp³-hybridized carbons (Fsp3) is 0.500. The summed E-state index contributed by atoms with van der Waals surface area (Å²) in [5, 5.41) is 9.21. The van der Waals surface area contributed by atoms with Gasteiger partial charge in [0.1, 0.15) is 6.04 Å². The Kier molecular flexibility index (Phi) is 4.61. The van der Waals surface area contributed by atoms with Crippen molar-refractivity contribution < 1.29 is 18.3 Å². The standard InChI is InChI=1S/C14H21NO4S/c1-9-6-7-11(10(2)8-9)20(18,19)15-12(13(16)17)14(3,4)5/h6-8,12,15H,1-5H3,(H,16,17). The van der Waals surface area contributed by atoms with Crippen LogP contribution in [0.3, 0.4) is 0 Å². The number of carboxylic acid groups (broad SMARTS) is 1. The van der Waals surface area contributed by atoms with Crippen LogP contribution in [0, 0.1) is 19.3 Å². The molecule has 0 fully saturated rings. The van der Waals surface area contributed by atoms with Gasteiger partial charge in [-0.25, -0.2) is 8.42 Å². The minimum absolute atomic E-state index is 0.110. The van der Waals surface area contributed by atoms with Crippen LogP contribution in [0.1, 0.15) is 31.9 Å². The van der Waals surface area contributed by atoms with Gasteiger partial charge in [0.15, 0.2) is 0 Å². The maximum absolute atomic E-state index is 12.4. The molecule has 6 heteroatoms. The predicted octanol–water partition coefficient (Wildman–Crippen LogP) is 2.08. The molecular formula is C14H21NO4S. The van der Waals surface area contributed by atoms with Crippen LogP contribution in [-0.4, -0.2) is 25.5 Å². The van der Waals surface area contributed by atoms with Crippen LogP contribution in [-0.2, 0) is 14.8 Å². The number of benzene rings is 1. The Morgan fingerprint density at radius 1 is 1.25 bits per heavy atom. The molecule has 0 spiro atoms. The zero-order valence-corrected chi connectivity index (χ0v) is 13.2. The Hall–Kier alpha value is -1.40. The molecular weight excluding hydrogens is 278 g/mol.